The molecule has 0 heterocycles. The third kappa shape index (κ3) is 11.2. The zero-order chi connectivity index (χ0) is 14.5. The van der Waals surface area contributed by atoms with Crippen molar-refractivity contribution in [2.45, 2.75) is 19.3 Å². The van der Waals surface area contributed by atoms with Gasteiger partial charge in [-0.05, 0) is 0 Å². The molecule has 0 aliphatic rings. The molecule has 0 saturated carbocycles. The predicted molar refractivity (Wildman–Crippen MR) is 62.8 cm³/mol. The highest BCUT2D eigenvalue weighted by Gasteiger charge is 2.05. The second-order valence-electron chi connectivity index (χ2n) is 3.37. The van der Waals surface area contributed by atoms with Crippen molar-refractivity contribution >= 4 is 17.9 Å². The highest BCUT2D eigenvalue weighted by Crippen LogP contribution is 1.90. The average Bonchev–Trinajstić information content (AvgIpc) is 2.41. The number of methoxy groups -OCH3 is 2. The van der Waals surface area contributed by atoms with E-state index in [1.54, 1.807) is 0 Å². The highest BCUT2D eigenvalue weighted by atomic mass is 16.6. The van der Waals surface area contributed by atoms with Crippen molar-refractivity contribution in [3.63, 3.8) is 0 Å². The van der Waals surface area contributed by atoms with Crippen LogP contribution in [-0.4, -0.2) is 51.9 Å². The number of rotatable bonds is 10. The van der Waals surface area contributed by atoms with Crippen LogP contribution in [0.2, 0.25) is 0 Å². The summed E-state index contributed by atoms with van der Waals surface area (Å²) in [7, 11) is 2.56. The van der Waals surface area contributed by atoms with Crippen LogP contribution in [0.5, 0.6) is 0 Å². The molecule has 0 aliphatic carbocycles. The van der Waals surface area contributed by atoms with Crippen molar-refractivity contribution in [1.29, 1.82) is 0 Å². The third-order valence-electron chi connectivity index (χ3n) is 1.97. The van der Waals surface area contributed by atoms with Gasteiger partial charge in [0.2, 0.25) is 0 Å². The van der Waals surface area contributed by atoms with Crippen molar-refractivity contribution < 1.29 is 33.4 Å². The summed E-state index contributed by atoms with van der Waals surface area (Å²) in [6.07, 6.45) is 0.262. The van der Waals surface area contributed by atoms with Gasteiger partial charge in [0.15, 0.2) is 0 Å². The van der Waals surface area contributed by atoms with Gasteiger partial charge >= 0.3 is 17.9 Å². The Morgan fingerprint density at radius 2 is 1.42 bits per heavy atom. The van der Waals surface area contributed by atoms with Gasteiger partial charge in [-0.2, -0.15) is 0 Å². The zero-order valence-corrected chi connectivity index (χ0v) is 11.1. The summed E-state index contributed by atoms with van der Waals surface area (Å²) in [5, 5.41) is 0. The second kappa shape index (κ2) is 11.4. The van der Waals surface area contributed by atoms with E-state index in [1.165, 1.54) is 14.2 Å². The molecule has 0 aromatic heterocycles. The first-order chi connectivity index (χ1) is 9.10. The summed E-state index contributed by atoms with van der Waals surface area (Å²) in [5.74, 6) is -1.26. The van der Waals surface area contributed by atoms with E-state index in [0.29, 0.717) is 0 Å². The molecule has 0 unspecified atom stereocenters. The fraction of sp³-hybridized carbons (Fsp3) is 0.727. The van der Waals surface area contributed by atoms with Gasteiger partial charge in [0.25, 0.3) is 0 Å². The van der Waals surface area contributed by atoms with Crippen LogP contribution >= 0.6 is 0 Å². The number of nitrogens with one attached hydrogen (secondary N) is 1. The number of hydrogen-bond donors (Lipinski definition) is 1. The fourth-order valence-electron chi connectivity index (χ4n) is 0.956. The number of esters is 3. The minimum absolute atomic E-state index is 0.00525. The lowest BCUT2D eigenvalue weighted by Crippen LogP contribution is -2.22. The van der Waals surface area contributed by atoms with Crippen molar-refractivity contribution in [3.8, 4) is 0 Å². The molecule has 0 radical (unpaired) electrons. The molecule has 0 aliphatic heterocycles. The molecule has 8 nitrogen and oxygen atoms in total. The number of hydroxylamine groups is 1. The quantitative estimate of drug-likeness (QED) is 0.248. The fourth-order valence-corrected chi connectivity index (χ4v) is 0.956. The molecule has 0 amide bonds. The molecule has 0 bridgehead atoms. The summed E-state index contributed by atoms with van der Waals surface area (Å²) in [5.41, 5.74) is 2.51. The Labute approximate surface area is 111 Å². The highest BCUT2D eigenvalue weighted by molar-refractivity contribution is 5.71. The van der Waals surface area contributed by atoms with E-state index >= 15 is 0 Å². The number of carbonyl (C=O) groups is 3. The van der Waals surface area contributed by atoms with Gasteiger partial charge in [-0.15, -0.1) is 0 Å². The topological polar surface area (TPSA) is 100 Å². The van der Waals surface area contributed by atoms with Crippen LogP contribution in [0.3, 0.4) is 0 Å². The zero-order valence-electron chi connectivity index (χ0n) is 11.1. The maximum absolute atomic E-state index is 11.2. The van der Waals surface area contributed by atoms with Crippen LogP contribution in [0.1, 0.15) is 19.3 Å². The summed E-state index contributed by atoms with van der Waals surface area (Å²) >= 11 is 0. The monoisotopic (exact) mass is 277 g/mol. The molecule has 8 heteroatoms. The molecule has 110 valence electrons. The van der Waals surface area contributed by atoms with Gasteiger partial charge in [0.1, 0.15) is 6.61 Å². The van der Waals surface area contributed by atoms with E-state index in [-0.39, 0.29) is 45.0 Å². The Hall–Kier alpha value is -1.67. The van der Waals surface area contributed by atoms with Crippen molar-refractivity contribution in [2.24, 2.45) is 0 Å². The lowest BCUT2D eigenvalue weighted by Gasteiger charge is -2.06. The van der Waals surface area contributed by atoms with E-state index in [1.807, 2.05) is 0 Å². The first-order valence-corrected chi connectivity index (χ1v) is 5.74. The molecular formula is C11H19NO7. The van der Waals surface area contributed by atoms with Gasteiger partial charge in [-0.25, -0.2) is 5.48 Å². The van der Waals surface area contributed by atoms with Crippen LogP contribution in [0.4, 0.5) is 0 Å². The summed E-state index contributed by atoms with van der Waals surface area (Å²) in [6.45, 7) is 0.400. The lowest BCUT2D eigenvalue weighted by molar-refractivity contribution is -0.149. The smallest absolute Gasteiger partial charge is 0.308 e. The van der Waals surface area contributed by atoms with Crippen LogP contribution in [-0.2, 0) is 33.4 Å². The van der Waals surface area contributed by atoms with Gasteiger partial charge in [0.05, 0.1) is 40.1 Å². The SMILES string of the molecule is COC(=O)CCONCCC(=O)OCCC(=O)OC. The first kappa shape index (κ1) is 17.3. The van der Waals surface area contributed by atoms with Crippen LogP contribution in [0.25, 0.3) is 0 Å². The molecule has 0 spiro atoms. The molecule has 0 saturated heterocycles. The largest absolute Gasteiger partial charge is 0.469 e. The molecule has 1 N–H and O–H groups in total. The van der Waals surface area contributed by atoms with E-state index in [0.717, 1.165) is 0 Å². The van der Waals surface area contributed by atoms with Crippen LogP contribution in [0, 0.1) is 0 Å². The number of ether oxygens (including phenoxy) is 3. The molecule has 0 fully saturated rings. The molecule has 0 rings (SSSR count). The van der Waals surface area contributed by atoms with E-state index in [2.05, 4.69) is 15.0 Å². The molecule has 0 atom stereocenters. The summed E-state index contributed by atoms with van der Waals surface area (Å²) < 4.78 is 13.6. The third-order valence-corrected chi connectivity index (χ3v) is 1.97. The van der Waals surface area contributed by atoms with Crippen LogP contribution in [0.15, 0.2) is 0 Å². The van der Waals surface area contributed by atoms with Gasteiger partial charge in [0, 0.05) is 6.54 Å². The normalized spacial score (nSPS) is 9.79. The number of carbonyl (C=O) groups excluding carboxylic acids is 3. The van der Waals surface area contributed by atoms with E-state index in [4.69, 9.17) is 9.57 Å². The molecule has 0 aromatic rings. The second-order valence-corrected chi connectivity index (χ2v) is 3.37. The van der Waals surface area contributed by atoms with Gasteiger partial charge in [-0.1, -0.05) is 0 Å². The molecule has 0 aromatic carbocycles. The van der Waals surface area contributed by atoms with E-state index in [9.17, 15) is 14.4 Å². The van der Waals surface area contributed by atoms with Crippen molar-refractivity contribution in [2.75, 3.05) is 34.0 Å². The molecular weight excluding hydrogens is 258 g/mol. The Morgan fingerprint density at radius 3 is 2.00 bits per heavy atom. The maximum atomic E-state index is 11.2. The predicted octanol–water partition coefficient (Wildman–Crippen LogP) is -0.433. The van der Waals surface area contributed by atoms with Crippen LogP contribution < -0.4 is 5.48 Å². The number of hydrogen-bond acceptors (Lipinski definition) is 8. The van der Waals surface area contributed by atoms with E-state index < -0.39 is 11.9 Å². The van der Waals surface area contributed by atoms with Gasteiger partial charge in [-0.3, -0.25) is 14.4 Å². The first-order valence-electron chi connectivity index (χ1n) is 5.74. The summed E-state index contributed by atoms with van der Waals surface area (Å²) in [4.78, 5) is 37.5. The minimum atomic E-state index is -0.451. The van der Waals surface area contributed by atoms with Crippen molar-refractivity contribution in [1.82, 2.24) is 5.48 Å². The Bertz CT molecular complexity index is 293. The molecule has 19 heavy (non-hydrogen) atoms. The lowest BCUT2D eigenvalue weighted by atomic mass is 10.4. The van der Waals surface area contributed by atoms with Crippen molar-refractivity contribution in [3.05, 3.63) is 0 Å². The summed E-state index contributed by atoms with van der Waals surface area (Å²) in [6, 6.07) is 0. The average molecular weight is 277 g/mol. The Kier molecular flexibility index (Phi) is 10.4. The minimum Gasteiger partial charge on any atom is -0.469 e. The standard InChI is InChI=1S/C11H19NO7/c1-16-9(13)4-7-18-11(15)3-6-12-19-8-5-10(14)17-2/h12H,3-8H2,1-2H3. The Balaban J connectivity index is 3.34. The maximum Gasteiger partial charge on any atom is 0.308 e. The Morgan fingerprint density at radius 1 is 0.842 bits per heavy atom. The van der Waals surface area contributed by atoms with Gasteiger partial charge < -0.3 is 19.0 Å².